The second-order valence-electron chi connectivity index (χ2n) is 7.53. The molecule has 4 aromatic carbocycles. The molecule has 0 spiro atoms. The van der Waals surface area contributed by atoms with Gasteiger partial charge in [0.2, 0.25) is 9.04 Å². The van der Waals surface area contributed by atoms with E-state index in [9.17, 15) is 0 Å². The largest absolute Gasteiger partial charge is 0.411 e. The summed E-state index contributed by atoms with van der Waals surface area (Å²) < 4.78 is 6.72. The molecule has 0 aliphatic rings. The van der Waals surface area contributed by atoms with E-state index in [1.807, 2.05) is 6.08 Å². The molecule has 0 N–H and O–H groups in total. The summed E-state index contributed by atoms with van der Waals surface area (Å²) in [5, 5.41) is 7.99. The molecule has 0 aromatic heterocycles. The van der Waals surface area contributed by atoms with E-state index in [0.717, 1.165) is 19.4 Å². The van der Waals surface area contributed by atoms with E-state index in [-0.39, 0.29) is 0 Å². The molecular formula is C27H28OSi. The van der Waals surface area contributed by atoms with Gasteiger partial charge < -0.3 is 4.43 Å². The Bertz CT molecular complexity index is 1010. The molecule has 0 unspecified atom stereocenters. The first-order valence-corrected chi connectivity index (χ1v) is 12.2. The standard InChI is InChI=1S/C27H28OSi/c1-2-3-4-5-10-21-28-29(26-19-11-15-22-13-6-8-17-24(22)26)27-20-12-16-23-14-7-9-18-25(23)27/h2,6-9,11-20,29H,1,3-5,10,21H2. The van der Waals surface area contributed by atoms with Crippen LogP contribution in [-0.2, 0) is 4.43 Å². The van der Waals surface area contributed by atoms with Crippen molar-refractivity contribution in [3.8, 4) is 0 Å². The third kappa shape index (κ3) is 4.50. The maximum Gasteiger partial charge on any atom is 0.241 e. The van der Waals surface area contributed by atoms with E-state index in [2.05, 4.69) is 91.5 Å². The van der Waals surface area contributed by atoms with Crippen LogP contribution in [0.1, 0.15) is 25.7 Å². The molecule has 0 aliphatic heterocycles. The van der Waals surface area contributed by atoms with Crippen LogP contribution in [0.3, 0.4) is 0 Å². The van der Waals surface area contributed by atoms with Gasteiger partial charge in [0.05, 0.1) is 0 Å². The molecule has 0 radical (unpaired) electrons. The second kappa shape index (κ2) is 9.68. The number of rotatable bonds is 9. The fourth-order valence-electron chi connectivity index (χ4n) is 4.07. The molecule has 0 bridgehead atoms. The Morgan fingerprint density at radius 1 is 0.655 bits per heavy atom. The van der Waals surface area contributed by atoms with Crippen molar-refractivity contribution < 1.29 is 4.43 Å². The summed E-state index contributed by atoms with van der Waals surface area (Å²) in [5.74, 6) is 0. The molecule has 0 amide bonds. The first-order chi connectivity index (χ1) is 14.4. The van der Waals surface area contributed by atoms with Gasteiger partial charge >= 0.3 is 0 Å². The molecule has 0 fully saturated rings. The summed E-state index contributed by atoms with van der Waals surface area (Å²) in [5.41, 5.74) is 0. The van der Waals surface area contributed by atoms with Crippen molar-refractivity contribution in [2.24, 2.45) is 0 Å². The van der Waals surface area contributed by atoms with Crippen molar-refractivity contribution in [3.63, 3.8) is 0 Å². The van der Waals surface area contributed by atoms with Gasteiger partial charge in [0.15, 0.2) is 0 Å². The van der Waals surface area contributed by atoms with Gasteiger partial charge in [-0.3, -0.25) is 0 Å². The van der Waals surface area contributed by atoms with Crippen molar-refractivity contribution in [2.75, 3.05) is 6.61 Å². The minimum absolute atomic E-state index is 0.820. The maximum absolute atomic E-state index is 6.72. The number of allylic oxidation sites excluding steroid dienone is 1. The van der Waals surface area contributed by atoms with Gasteiger partial charge in [-0.25, -0.2) is 0 Å². The van der Waals surface area contributed by atoms with E-state index in [0.29, 0.717) is 0 Å². The fourth-order valence-corrected chi connectivity index (χ4v) is 6.83. The SMILES string of the molecule is C=CCCCCCO[SiH](c1cccc2ccccc12)c1cccc2ccccc12. The van der Waals surface area contributed by atoms with Crippen LogP contribution in [0.15, 0.2) is 97.6 Å². The number of unbranched alkanes of at least 4 members (excludes halogenated alkanes) is 3. The fraction of sp³-hybridized carbons (Fsp3) is 0.185. The molecule has 0 saturated heterocycles. The summed E-state index contributed by atoms with van der Waals surface area (Å²) in [6, 6.07) is 30.7. The van der Waals surface area contributed by atoms with Crippen LogP contribution >= 0.6 is 0 Å². The van der Waals surface area contributed by atoms with Crippen LogP contribution in [0.4, 0.5) is 0 Å². The van der Waals surface area contributed by atoms with Gasteiger partial charge in [0.1, 0.15) is 0 Å². The summed E-state index contributed by atoms with van der Waals surface area (Å²) >= 11 is 0. The van der Waals surface area contributed by atoms with Crippen molar-refractivity contribution in [1.29, 1.82) is 0 Å². The van der Waals surface area contributed by atoms with Crippen molar-refractivity contribution in [2.45, 2.75) is 25.7 Å². The van der Waals surface area contributed by atoms with Gasteiger partial charge in [-0.1, -0.05) is 97.4 Å². The zero-order valence-corrected chi connectivity index (χ0v) is 18.0. The minimum Gasteiger partial charge on any atom is -0.411 e. The lowest BCUT2D eigenvalue weighted by atomic mass is 10.1. The minimum atomic E-state index is -1.83. The van der Waals surface area contributed by atoms with Crippen LogP contribution in [-0.4, -0.2) is 15.6 Å². The highest BCUT2D eigenvalue weighted by Gasteiger charge is 2.22. The topological polar surface area (TPSA) is 9.23 Å². The lowest BCUT2D eigenvalue weighted by molar-refractivity contribution is 0.319. The van der Waals surface area contributed by atoms with Crippen LogP contribution < -0.4 is 10.4 Å². The highest BCUT2D eigenvalue weighted by atomic mass is 28.3. The molecule has 1 nitrogen and oxygen atoms in total. The van der Waals surface area contributed by atoms with E-state index in [1.165, 1.54) is 44.8 Å². The molecule has 0 saturated carbocycles. The Kier molecular flexibility index (Phi) is 6.55. The summed E-state index contributed by atoms with van der Waals surface area (Å²) in [6.07, 6.45) is 6.59. The molecule has 4 aromatic rings. The molecule has 29 heavy (non-hydrogen) atoms. The maximum atomic E-state index is 6.72. The van der Waals surface area contributed by atoms with Gasteiger partial charge in [0.25, 0.3) is 0 Å². The number of fused-ring (bicyclic) bond motifs is 2. The summed E-state index contributed by atoms with van der Waals surface area (Å²) in [4.78, 5) is 0. The van der Waals surface area contributed by atoms with Gasteiger partial charge in [-0.2, -0.15) is 0 Å². The molecule has 2 heteroatoms. The van der Waals surface area contributed by atoms with Gasteiger partial charge in [-0.15, -0.1) is 6.58 Å². The second-order valence-corrected chi connectivity index (χ2v) is 9.86. The Labute approximate surface area is 175 Å². The summed E-state index contributed by atoms with van der Waals surface area (Å²) in [7, 11) is -1.83. The van der Waals surface area contributed by atoms with Crippen molar-refractivity contribution >= 4 is 41.0 Å². The normalized spacial score (nSPS) is 11.3. The number of hydrogen-bond acceptors (Lipinski definition) is 1. The molecule has 4 rings (SSSR count). The Balaban J connectivity index is 1.72. The molecule has 0 aliphatic carbocycles. The van der Waals surface area contributed by atoms with Crippen molar-refractivity contribution in [1.82, 2.24) is 0 Å². The van der Waals surface area contributed by atoms with Crippen molar-refractivity contribution in [3.05, 3.63) is 97.6 Å². The average molecular weight is 397 g/mol. The molecule has 0 heterocycles. The van der Waals surface area contributed by atoms with Gasteiger partial charge in [0, 0.05) is 6.61 Å². The van der Waals surface area contributed by atoms with Crippen LogP contribution in [0, 0.1) is 0 Å². The predicted molar refractivity (Wildman–Crippen MR) is 129 cm³/mol. The third-order valence-electron chi connectivity index (χ3n) is 5.55. The third-order valence-corrected chi connectivity index (χ3v) is 8.25. The van der Waals surface area contributed by atoms with Crippen LogP contribution in [0.25, 0.3) is 21.5 Å². The smallest absolute Gasteiger partial charge is 0.241 e. The number of hydrogen-bond donors (Lipinski definition) is 0. The van der Waals surface area contributed by atoms with E-state index >= 15 is 0 Å². The molecule has 0 atom stereocenters. The lowest BCUT2D eigenvalue weighted by Gasteiger charge is -2.21. The van der Waals surface area contributed by atoms with E-state index in [4.69, 9.17) is 4.43 Å². The zero-order chi connectivity index (χ0) is 19.9. The first kappa shape index (κ1) is 19.6. The van der Waals surface area contributed by atoms with E-state index in [1.54, 1.807) is 0 Å². The average Bonchev–Trinajstić information content (AvgIpc) is 2.78. The zero-order valence-electron chi connectivity index (χ0n) is 16.9. The van der Waals surface area contributed by atoms with Crippen LogP contribution in [0.5, 0.6) is 0 Å². The Hall–Kier alpha value is -2.68. The highest BCUT2D eigenvalue weighted by molar-refractivity contribution is 6.83. The molecular weight excluding hydrogens is 368 g/mol. The lowest BCUT2D eigenvalue weighted by Crippen LogP contribution is -2.46. The summed E-state index contributed by atoms with van der Waals surface area (Å²) in [6.45, 7) is 4.64. The first-order valence-electron chi connectivity index (χ1n) is 10.6. The Morgan fingerprint density at radius 2 is 1.21 bits per heavy atom. The van der Waals surface area contributed by atoms with Gasteiger partial charge in [-0.05, 0) is 51.2 Å². The number of benzene rings is 4. The monoisotopic (exact) mass is 396 g/mol. The van der Waals surface area contributed by atoms with E-state index < -0.39 is 9.04 Å². The van der Waals surface area contributed by atoms with Crippen LogP contribution in [0.2, 0.25) is 0 Å². The molecule has 146 valence electrons. The predicted octanol–water partition coefficient (Wildman–Crippen LogP) is 5.59. The highest BCUT2D eigenvalue weighted by Crippen LogP contribution is 2.16. The quantitative estimate of drug-likeness (QED) is 0.203. The Morgan fingerprint density at radius 3 is 1.79 bits per heavy atom.